The molecule has 1 aromatic heterocycles. The first kappa shape index (κ1) is 16.7. The van der Waals surface area contributed by atoms with Gasteiger partial charge >= 0.3 is 0 Å². The van der Waals surface area contributed by atoms with Crippen molar-refractivity contribution in [3.63, 3.8) is 0 Å². The lowest BCUT2D eigenvalue weighted by Crippen LogP contribution is -2.18. The third-order valence-electron chi connectivity index (χ3n) is 2.93. The van der Waals surface area contributed by atoms with Crippen molar-refractivity contribution in [3.05, 3.63) is 41.7 Å². The van der Waals surface area contributed by atoms with Crippen molar-refractivity contribution in [1.82, 2.24) is 9.97 Å². The predicted octanol–water partition coefficient (Wildman–Crippen LogP) is 3.26. The van der Waals surface area contributed by atoms with Crippen LogP contribution in [-0.4, -0.2) is 28.5 Å². The van der Waals surface area contributed by atoms with Gasteiger partial charge in [-0.05, 0) is 58.0 Å². The maximum atomic E-state index is 12.4. The fourth-order valence-corrected chi connectivity index (χ4v) is 2.00. The van der Waals surface area contributed by atoms with Crippen molar-refractivity contribution >= 4 is 17.5 Å². The Balaban J connectivity index is 2.12. The van der Waals surface area contributed by atoms with Crippen LogP contribution in [0.15, 0.2) is 30.3 Å². The van der Waals surface area contributed by atoms with Crippen LogP contribution in [0.25, 0.3) is 0 Å². The van der Waals surface area contributed by atoms with Crippen molar-refractivity contribution in [1.29, 1.82) is 0 Å². The molecule has 6 nitrogen and oxygen atoms in total. The quantitative estimate of drug-likeness (QED) is 0.856. The second kappa shape index (κ2) is 7.58. The molecule has 2 aromatic rings. The number of carbonyl (C=O) groups is 1. The lowest BCUT2D eigenvalue weighted by Gasteiger charge is -2.11. The van der Waals surface area contributed by atoms with E-state index in [1.165, 1.54) is 0 Å². The topological polar surface area (TPSA) is 76.1 Å². The van der Waals surface area contributed by atoms with Crippen LogP contribution in [-0.2, 0) is 0 Å². The number of benzene rings is 1. The summed E-state index contributed by atoms with van der Waals surface area (Å²) in [4.78, 5) is 20.9. The number of ether oxygens (including phenoxy) is 1. The molecule has 122 valence electrons. The minimum atomic E-state index is -0.272. The summed E-state index contributed by atoms with van der Waals surface area (Å²) in [6, 6.07) is 9.08. The van der Waals surface area contributed by atoms with Crippen molar-refractivity contribution in [2.45, 2.75) is 33.7 Å². The van der Waals surface area contributed by atoms with E-state index in [0.717, 1.165) is 11.4 Å². The normalized spacial score (nSPS) is 10.5. The number of nitrogens with one attached hydrogen (secondary N) is 2. The van der Waals surface area contributed by atoms with E-state index in [2.05, 4.69) is 20.6 Å². The minimum absolute atomic E-state index is 0.193. The summed E-state index contributed by atoms with van der Waals surface area (Å²) in [6.45, 7) is 8.35. The molecule has 0 spiro atoms. The first-order valence-corrected chi connectivity index (χ1v) is 7.64. The van der Waals surface area contributed by atoms with Crippen LogP contribution in [0.4, 0.5) is 11.6 Å². The summed E-state index contributed by atoms with van der Waals surface area (Å²) in [5, 5.41) is 5.93. The molecule has 1 heterocycles. The van der Waals surface area contributed by atoms with E-state index in [-0.39, 0.29) is 11.9 Å². The van der Waals surface area contributed by atoms with E-state index in [9.17, 15) is 4.79 Å². The maximum absolute atomic E-state index is 12.4. The van der Waals surface area contributed by atoms with Crippen LogP contribution >= 0.6 is 0 Å². The zero-order valence-electron chi connectivity index (χ0n) is 13.9. The Kier molecular flexibility index (Phi) is 5.51. The molecular weight excluding hydrogens is 292 g/mol. The van der Waals surface area contributed by atoms with E-state index >= 15 is 0 Å². The van der Waals surface area contributed by atoms with Crippen molar-refractivity contribution in [2.24, 2.45) is 0 Å². The zero-order chi connectivity index (χ0) is 16.8. The minimum Gasteiger partial charge on any atom is -0.494 e. The molecule has 0 aliphatic rings. The molecule has 2 N–H and O–H groups in total. The first-order chi connectivity index (χ1) is 11.0. The Labute approximate surface area is 136 Å². The summed E-state index contributed by atoms with van der Waals surface area (Å²) >= 11 is 0. The zero-order valence-corrected chi connectivity index (χ0v) is 13.9. The highest BCUT2D eigenvalue weighted by molar-refractivity contribution is 6.03. The van der Waals surface area contributed by atoms with Gasteiger partial charge in [-0.2, -0.15) is 0 Å². The number of rotatable bonds is 6. The summed E-state index contributed by atoms with van der Waals surface area (Å²) in [5.41, 5.74) is 1.75. The average Bonchev–Trinajstić information content (AvgIpc) is 2.48. The molecule has 2 rings (SSSR count). The highest BCUT2D eigenvalue weighted by Gasteiger charge is 2.11. The number of aryl methyl sites for hydroxylation is 1. The van der Waals surface area contributed by atoms with Gasteiger partial charge < -0.3 is 15.4 Å². The van der Waals surface area contributed by atoms with Gasteiger partial charge in [0.05, 0.1) is 6.61 Å². The average molecular weight is 314 g/mol. The fourth-order valence-electron chi connectivity index (χ4n) is 2.00. The van der Waals surface area contributed by atoms with E-state index in [0.29, 0.717) is 23.9 Å². The molecule has 0 aliphatic heterocycles. The van der Waals surface area contributed by atoms with Gasteiger partial charge in [0.1, 0.15) is 11.4 Å². The van der Waals surface area contributed by atoms with Crippen LogP contribution in [0.2, 0.25) is 0 Å². The van der Waals surface area contributed by atoms with Crippen LogP contribution < -0.4 is 15.4 Å². The fraction of sp³-hybridized carbons (Fsp3) is 0.353. The van der Waals surface area contributed by atoms with Gasteiger partial charge in [-0.3, -0.25) is 4.79 Å². The largest absolute Gasteiger partial charge is 0.494 e. The molecule has 0 fully saturated rings. The highest BCUT2D eigenvalue weighted by atomic mass is 16.5. The van der Waals surface area contributed by atoms with Crippen molar-refractivity contribution < 1.29 is 9.53 Å². The van der Waals surface area contributed by atoms with Crippen LogP contribution in [0.3, 0.4) is 0 Å². The molecule has 23 heavy (non-hydrogen) atoms. The number of aromatic nitrogens is 2. The molecule has 0 saturated carbocycles. The van der Waals surface area contributed by atoms with Gasteiger partial charge in [-0.15, -0.1) is 0 Å². The second-order valence-corrected chi connectivity index (χ2v) is 5.43. The Bertz CT molecular complexity index is 669. The number of carbonyl (C=O) groups excluding carboxylic acids is 1. The van der Waals surface area contributed by atoms with Gasteiger partial charge in [-0.25, -0.2) is 9.97 Å². The van der Waals surface area contributed by atoms with Crippen molar-refractivity contribution in [3.8, 4) is 5.75 Å². The molecular formula is C17H22N4O2. The maximum Gasteiger partial charge on any atom is 0.274 e. The molecule has 0 unspecified atom stereocenters. The summed E-state index contributed by atoms with van der Waals surface area (Å²) in [6.07, 6.45) is 0. The summed E-state index contributed by atoms with van der Waals surface area (Å²) < 4.78 is 5.38. The van der Waals surface area contributed by atoms with Gasteiger partial charge in [0.2, 0.25) is 5.95 Å². The number of hydrogen-bond donors (Lipinski definition) is 2. The van der Waals surface area contributed by atoms with E-state index in [4.69, 9.17) is 4.74 Å². The second-order valence-electron chi connectivity index (χ2n) is 5.43. The van der Waals surface area contributed by atoms with Gasteiger partial charge in [0.25, 0.3) is 5.91 Å². The standard InChI is InChI=1S/C17H22N4O2/c1-5-23-14-8-6-13(7-9-14)20-16(22)15-10-12(4)19-17(21-15)18-11(2)3/h6-11H,5H2,1-4H3,(H,20,22)(H,18,19,21). The first-order valence-electron chi connectivity index (χ1n) is 7.64. The van der Waals surface area contributed by atoms with Gasteiger partial charge in [0, 0.05) is 17.4 Å². The highest BCUT2D eigenvalue weighted by Crippen LogP contribution is 2.16. The van der Waals surface area contributed by atoms with Crippen LogP contribution in [0, 0.1) is 6.92 Å². The molecule has 1 amide bonds. The van der Waals surface area contributed by atoms with Gasteiger partial charge in [0.15, 0.2) is 0 Å². The van der Waals surface area contributed by atoms with E-state index in [1.807, 2.05) is 39.8 Å². The number of anilines is 2. The van der Waals surface area contributed by atoms with E-state index < -0.39 is 0 Å². The smallest absolute Gasteiger partial charge is 0.274 e. The monoisotopic (exact) mass is 314 g/mol. The Hall–Kier alpha value is -2.63. The molecule has 0 saturated heterocycles. The number of nitrogens with zero attached hydrogens (tertiary/aromatic N) is 2. The lowest BCUT2D eigenvalue weighted by atomic mass is 10.2. The Morgan fingerprint density at radius 3 is 2.52 bits per heavy atom. The molecule has 0 bridgehead atoms. The molecule has 0 radical (unpaired) electrons. The van der Waals surface area contributed by atoms with Crippen LogP contribution in [0.1, 0.15) is 37.0 Å². The summed E-state index contributed by atoms with van der Waals surface area (Å²) in [5.74, 6) is 0.954. The predicted molar refractivity (Wildman–Crippen MR) is 91.1 cm³/mol. The van der Waals surface area contributed by atoms with Gasteiger partial charge in [-0.1, -0.05) is 0 Å². The number of hydrogen-bond acceptors (Lipinski definition) is 5. The molecule has 1 aromatic carbocycles. The SMILES string of the molecule is CCOc1ccc(NC(=O)c2cc(C)nc(NC(C)C)n2)cc1. The third-order valence-corrected chi connectivity index (χ3v) is 2.93. The van der Waals surface area contributed by atoms with Crippen molar-refractivity contribution in [2.75, 3.05) is 17.2 Å². The third kappa shape index (κ3) is 4.95. The number of amides is 1. The molecule has 0 aliphatic carbocycles. The lowest BCUT2D eigenvalue weighted by molar-refractivity contribution is 0.102. The summed E-state index contributed by atoms with van der Waals surface area (Å²) in [7, 11) is 0. The Morgan fingerprint density at radius 2 is 1.91 bits per heavy atom. The van der Waals surface area contributed by atoms with E-state index in [1.54, 1.807) is 18.2 Å². The Morgan fingerprint density at radius 1 is 1.22 bits per heavy atom. The van der Waals surface area contributed by atoms with Crippen LogP contribution in [0.5, 0.6) is 5.75 Å². The molecule has 0 atom stereocenters. The molecule has 6 heteroatoms.